The van der Waals surface area contributed by atoms with E-state index in [-0.39, 0.29) is 17.9 Å². The van der Waals surface area contributed by atoms with Gasteiger partial charge in [-0.15, -0.1) is 0 Å². The Hall–Kier alpha value is -2.01. The van der Waals surface area contributed by atoms with Gasteiger partial charge in [0, 0.05) is 13.0 Å². The van der Waals surface area contributed by atoms with Gasteiger partial charge in [-0.25, -0.2) is 0 Å². The monoisotopic (exact) mass is 333 g/mol. The molecule has 0 fully saturated rings. The lowest BCUT2D eigenvalue weighted by molar-refractivity contribution is -0.125. The fourth-order valence-corrected chi connectivity index (χ4v) is 2.75. The van der Waals surface area contributed by atoms with Gasteiger partial charge in [-0.3, -0.25) is 4.79 Å². The summed E-state index contributed by atoms with van der Waals surface area (Å²) in [6.45, 7) is 2.97. The number of nitrogens with one attached hydrogen (secondary N) is 1. The SMILES string of the molecule is COCCOc1ccc(C(C)NC(=O)C2CC=CCC2)cc1OC. The van der Waals surface area contributed by atoms with Gasteiger partial charge in [0.05, 0.1) is 19.8 Å². The molecule has 2 atom stereocenters. The van der Waals surface area contributed by atoms with Crippen molar-refractivity contribution < 1.29 is 19.0 Å². The van der Waals surface area contributed by atoms with Gasteiger partial charge < -0.3 is 19.5 Å². The van der Waals surface area contributed by atoms with Crippen LogP contribution >= 0.6 is 0 Å². The van der Waals surface area contributed by atoms with Crippen molar-refractivity contribution >= 4 is 5.91 Å². The fraction of sp³-hybridized carbons (Fsp3) is 0.526. The van der Waals surface area contributed by atoms with Gasteiger partial charge in [0.1, 0.15) is 6.61 Å². The summed E-state index contributed by atoms with van der Waals surface area (Å²) in [5, 5.41) is 3.10. The van der Waals surface area contributed by atoms with Crippen LogP contribution in [0.5, 0.6) is 11.5 Å². The molecule has 1 N–H and O–H groups in total. The molecule has 2 rings (SSSR count). The van der Waals surface area contributed by atoms with Crippen molar-refractivity contribution in [1.82, 2.24) is 5.32 Å². The van der Waals surface area contributed by atoms with Crippen LogP contribution in [0.15, 0.2) is 30.4 Å². The third kappa shape index (κ3) is 4.99. The minimum atomic E-state index is -0.0784. The minimum absolute atomic E-state index is 0.0784. The molecule has 0 heterocycles. The summed E-state index contributed by atoms with van der Waals surface area (Å²) < 4.78 is 16.0. The molecule has 1 aliphatic carbocycles. The number of ether oxygens (including phenoxy) is 3. The van der Waals surface area contributed by atoms with Crippen molar-refractivity contribution in [3.63, 3.8) is 0 Å². The van der Waals surface area contributed by atoms with Gasteiger partial charge in [0.2, 0.25) is 5.91 Å². The molecular weight excluding hydrogens is 306 g/mol. The Morgan fingerprint density at radius 3 is 2.75 bits per heavy atom. The second-order valence-electron chi connectivity index (χ2n) is 5.96. The lowest BCUT2D eigenvalue weighted by atomic mass is 9.93. The number of methoxy groups -OCH3 is 2. The van der Waals surface area contributed by atoms with Gasteiger partial charge >= 0.3 is 0 Å². The Balaban J connectivity index is 1.99. The van der Waals surface area contributed by atoms with Crippen molar-refractivity contribution in [3.05, 3.63) is 35.9 Å². The number of allylic oxidation sites excluding steroid dienone is 2. The van der Waals surface area contributed by atoms with E-state index in [4.69, 9.17) is 14.2 Å². The van der Waals surface area contributed by atoms with E-state index < -0.39 is 0 Å². The number of carbonyl (C=O) groups is 1. The Kier molecular flexibility index (Phi) is 7.12. The third-order valence-corrected chi connectivity index (χ3v) is 4.23. The molecule has 132 valence electrons. The Morgan fingerprint density at radius 2 is 2.08 bits per heavy atom. The molecule has 0 bridgehead atoms. The highest BCUT2D eigenvalue weighted by Crippen LogP contribution is 2.30. The maximum atomic E-state index is 12.4. The Labute approximate surface area is 144 Å². The molecule has 0 spiro atoms. The number of rotatable bonds is 8. The summed E-state index contributed by atoms with van der Waals surface area (Å²) in [5.41, 5.74) is 0.991. The number of hydrogen-bond acceptors (Lipinski definition) is 4. The van der Waals surface area contributed by atoms with E-state index in [0.717, 1.165) is 24.8 Å². The molecule has 1 aliphatic rings. The molecule has 0 radical (unpaired) electrons. The summed E-state index contributed by atoms with van der Waals surface area (Å²) in [5.74, 6) is 1.53. The van der Waals surface area contributed by atoms with Crippen molar-refractivity contribution in [2.45, 2.75) is 32.2 Å². The second-order valence-corrected chi connectivity index (χ2v) is 5.96. The first kappa shape index (κ1) is 18.3. The zero-order chi connectivity index (χ0) is 17.4. The van der Waals surface area contributed by atoms with Crippen LogP contribution in [0.4, 0.5) is 0 Å². The molecule has 2 unspecified atom stereocenters. The molecule has 24 heavy (non-hydrogen) atoms. The maximum absolute atomic E-state index is 12.4. The highest BCUT2D eigenvalue weighted by Gasteiger charge is 2.21. The molecule has 5 heteroatoms. The van der Waals surface area contributed by atoms with Crippen molar-refractivity contribution in [2.24, 2.45) is 5.92 Å². The summed E-state index contributed by atoms with van der Waals surface area (Å²) in [4.78, 5) is 12.4. The van der Waals surface area contributed by atoms with Crippen molar-refractivity contribution in [1.29, 1.82) is 0 Å². The zero-order valence-electron chi connectivity index (χ0n) is 14.7. The predicted molar refractivity (Wildman–Crippen MR) is 93.4 cm³/mol. The van der Waals surface area contributed by atoms with Crippen molar-refractivity contribution in [3.8, 4) is 11.5 Å². The minimum Gasteiger partial charge on any atom is -0.493 e. The summed E-state index contributed by atoms with van der Waals surface area (Å²) in [6, 6.07) is 5.66. The summed E-state index contributed by atoms with van der Waals surface area (Å²) in [7, 11) is 3.25. The lowest BCUT2D eigenvalue weighted by Gasteiger charge is -2.22. The average Bonchev–Trinajstić information content (AvgIpc) is 2.62. The quantitative estimate of drug-likeness (QED) is 0.586. The number of benzene rings is 1. The molecule has 0 aromatic heterocycles. The van der Waals surface area contributed by atoms with Gasteiger partial charge in [0.25, 0.3) is 0 Å². The Bertz CT molecular complexity index is 570. The molecule has 5 nitrogen and oxygen atoms in total. The third-order valence-electron chi connectivity index (χ3n) is 4.23. The van der Waals surface area contributed by atoms with E-state index >= 15 is 0 Å². The van der Waals surface area contributed by atoms with Gasteiger partial charge in [-0.05, 0) is 43.9 Å². The van der Waals surface area contributed by atoms with Crippen LogP contribution in [0.1, 0.15) is 37.8 Å². The first-order valence-corrected chi connectivity index (χ1v) is 8.40. The van der Waals surface area contributed by atoms with E-state index in [1.54, 1.807) is 14.2 Å². The number of hydrogen-bond donors (Lipinski definition) is 1. The number of carbonyl (C=O) groups excluding carboxylic acids is 1. The van der Waals surface area contributed by atoms with E-state index in [9.17, 15) is 4.79 Å². The van der Waals surface area contributed by atoms with Crippen LogP contribution in [0.2, 0.25) is 0 Å². The van der Waals surface area contributed by atoms with Gasteiger partial charge in [0.15, 0.2) is 11.5 Å². The van der Waals surface area contributed by atoms with E-state index in [2.05, 4.69) is 17.5 Å². The molecule has 0 saturated heterocycles. The van der Waals surface area contributed by atoms with Crippen LogP contribution < -0.4 is 14.8 Å². The molecular formula is C19H27NO4. The molecule has 1 amide bonds. The van der Waals surface area contributed by atoms with E-state index in [0.29, 0.717) is 24.7 Å². The molecule has 0 saturated carbocycles. The highest BCUT2D eigenvalue weighted by atomic mass is 16.5. The lowest BCUT2D eigenvalue weighted by Crippen LogP contribution is -2.33. The van der Waals surface area contributed by atoms with Crippen LogP contribution in [0, 0.1) is 5.92 Å². The largest absolute Gasteiger partial charge is 0.493 e. The topological polar surface area (TPSA) is 56.8 Å². The highest BCUT2D eigenvalue weighted by molar-refractivity contribution is 5.79. The molecule has 1 aromatic carbocycles. The van der Waals surface area contributed by atoms with Crippen LogP contribution in [0.25, 0.3) is 0 Å². The molecule has 1 aromatic rings. The van der Waals surface area contributed by atoms with Gasteiger partial charge in [-0.1, -0.05) is 18.2 Å². The standard InChI is InChI=1S/C19H27NO4/c1-14(20-19(21)15-7-5-4-6-8-15)16-9-10-17(18(13-16)23-3)24-12-11-22-2/h4-5,9-10,13-15H,6-8,11-12H2,1-3H3,(H,20,21). The zero-order valence-corrected chi connectivity index (χ0v) is 14.7. The number of amides is 1. The average molecular weight is 333 g/mol. The van der Waals surface area contributed by atoms with Gasteiger partial charge in [-0.2, -0.15) is 0 Å². The van der Waals surface area contributed by atoms with Crippen molar-refractivity contribution in [2.75, 3.05) is 27.4 Å². The predicted octanol–water partition coefficient (Wildman–Crippen LogP) is 3.25. The van der Waals surface area contributed by atoms with Crippen LogP contribution in [-0.2, 0) is 9.53 Å². The summed E-state index contributed by atoms with van der Waals surface area (Å²) >= 11 is 0. The summed E-state index contributed by atoms with van der Waals surface area (Å²) in [6.07, 6.45) is 6.96. The van der Waals surface area contributed by atoms with Crippen LogP contribution in [0.3, 0.4) is 0 Å². The van der Waals surface area contributed by atoms with E-state index in [1.807, 2.05) is 25.1 Å². The smallest absolute Gasteiger partial charge is 0.223 e. The molecule has 0 aliphatic heterocycles. The first-order chi connectivity index (χ1) is 11.7. The normalized spacial score (nSPS) is 18.0. The van der Waals surface area contributed by atoms with E-state index in [1.165, 1.54) is 0 Å². The first-order valence-electron chi connectivity index (χ1n) is 8.40. The van der Waals surface area contributed by atoms with Crippen LogP contribution in [-0.4, -0.2) is 33.3 Å². The maximum Gasteiger partial charge on any atom is 0.223 e. The fourth-order valence-electron chi connectivity index (χ4n) is 2.75. The Morgan fingerprint density at radius 1 is 1.25 bits per heavy atom. The second kappa shape index (κ2) is 9.33.